The molecule has 5 aromatic rings. The summed E-state index contributed by atoms with van der Waals surface area (Å²) in [5.74, 6) is -0.210. The molecule has 0 spiro atoms. The molecule has 6 nitrogen and oxygen atoms in total. The van der Waals surface area contributed by atoms with Crippen LogP contribution in [0.2, 0.25) is 10.0 Å². The van der Waals surface area contributed by atoms with Gasteiger partial charge in [0.1, 0.15) is 17.9 Å². The molecular weight excluding hydrogens is 614 g/mol. The largest absolute Gasteiger partial charge is 0.487 e. The Kier molecular flexibility index (Phi) is 8.72. The van der Waals surface area contributed by atoms with Gasteiger partial charge in [-0.3, -0.25) is 9.59 Å². The number of ketones is 1. The monoisotopic (exact) mass is 639 g/mol. The van der Waals surface area contributed by atoms with E-state index in [1.54, 1.807) is 36.9 Å². The van der Waals surface area contributed by atoms with Crippen molar-refractivity contribution >= 4 is 51.5 Å². The number of carbonyl (C=O) groups excluding carboxylic acids is 2. The number of fused-ring (bicyclic) bond motifs is 1. The molecule has 0 aliphatic rings. The first-order chi connectivity index (χ1) is 20.8. The zero-order chi connectivity index (χ0) is 31.8. The quantitative estimate of drug-likeness (QED) is 0.160. The third kappa shape index (κ3) is 6.30. The van der Waals surface area contributed by atoms with Crippen molar-refractivity contribution in [2.24, 2.45) is 7.05 Å². The second-order valence-corrected chi connectivity index (χ2v) is 11.0. The van der Waals surface area contributed by atoms with Crippen LogP contribution in [0.5, 0.6) is 5.75 Å². The summed E-state index contributed by atoms with van der Waals surface area (Å²) in [6.07, 6.45) is -4.57. The van der Waals surface area contributed by atoms with Crippen LogP contribution in [-0.4, -0.2) is 28.3 Å². The van der Waals surface area contributed by atoms with Gasteiger partial charge in [0, 0.05) is 47.0 Å². The number of alkyl halides is 3. The van der Waals surface area contributed by atoms with Crippen molar-refractivity contribution in [1.29, 1.82) is 0 Å². The number of aryl methyl sites for hydroxylation is 1. The molecule has 0 unspecified atom stereocenters. The summed E-state index contributed by atoms with van der Waals surface area (Å²) in [7, 11) is 3.20. The zero-order valence-corrected chi connectivity index (χ0v) is 25.4. The molecule has 11 heteroatoms. The van der Waals surface area contributed by atoms with Crippen LogP contribution in [0.4, 0.5) is 18.9 Å². The minimum absolute atomic E-state index is 0.0372. The van der Waals surface area contributed by atoms with E-state index in [0.29, 0.717) is 33.2 Å². The lowest BCUT2D eigenvalue weighted by Gasteiger charge is -2.21. The van der Waals surface area contributed by atoms with Gasteiger partial charge < -0.3 is 14.2 Å². The molecule has 0 N–H and O–H groups in total. The first kappa shape index (κ1) is 31.1. The summed E-state index contributed by atoms with van der Waals surface area (Å²) in [6.45, 7) is 1.93. The first-order valence-electron chi connectivity index (χ1n) is 13.4. The molecule has 0 fully saturated rings. The highest BCUT2D eigenvalue weighted by atomic mass is 35.5. The fourth-order valence-corrected chi connectivity index (χ4v) is 5.39. The standard InChI is InChI=1S/C33H26Cl2F3N3O3/c1-19-7-8-20-5-4-6-28(31(20)39-19)44-18-24-25(34)14-16-26(30(24)35)41(3)29(42)17-23-13-15-27(40(23)2)32(43)21-9-11-22(12-10-21)33(36,37)38/h4-16H,17-18H2,1-3H3. The summed E-state index contributed by atoms with van der Waals surface area (Å²) in [5, 5.41) is 1.55. The van der Waals surface area contributed by atoms with Gasteiger partial charge in [-0.15, -0.1) is 0 Å². The molecule has 0 saturated carbocycles. The predicted octanol–water partition coefficient (Wildman–Crippen LogP) is 8.22. The summed E-state index contributed by atoms with van der Waals surface area (Å²) >= 11 is 13.2. The second kappa shape index (κ2) is 12.3. The molecule has 0 aliphatic carbocycles. The molecule has 44 heavy (non-hydrogen) atoms. The Bertz CT molecular complexity index is 1890. The van der Waals surface area contributed by atoms with E-state index in [9.17, 15) is 22.8 Å². The van der Waals surface area contributed by atoms with Gasteiger partial charge in [-0.05, 0) is 55.5 Å². The Labute approximate surface area is 261 Å². The summed E-state index contributed by atoms with van der Waals surface area (Å²) < 4.78 is 46.4. The Balaban J connectivity index is 1.32. The maximum absolute atomic E-state index is 13.3. The number of benzene rings is 3. The van der Waals surface area contributed by atoms with Crippen LogP contribution in [0, 0.1) is 6.92 Å². The number of pyridine rings is 1. The van der Waals surface area contributed by atoms with Gasteiger partial charge in [0.15, 0.2) is 0 Å². The predicted molar refractivity (Wildman–Crippen MR) is 165 cm³/mol. The van der Waals surface area contributed by atoms with Crippen LogP contribution >= 0.6 is 23.2 Å². The van der Waals surface area contributed by atoms with Crippen LogP contribution in [0.25, 0.3) is 10.9 Å². The number of para-hydroxylation sites is 1. The van der Waals surface area contributed by atoms with Gasteiger partial charge in [-0.2, -0.15) is 13.2 Å². The van der Waals surface area contributed by atoms with Gasteiger partial charge in [0.25, 0.3) is 0 Å². The van der Waals surface area contributed by atoms with E-state index >= 15 is 0 Å². The average Bonchev–Trinajstić information content (AvgIpc) is 3.35. The van der Waals surface area contributed by atoms with E-state index in [1.165, 1.54) is 11.0 Å². The van der Waals surface area contributed by atoms with E-state index in [1.807, 2.05) is 37.3 Å². The number of aromatic nitrogens is 2. The van der Waals surface area contributed by atoms with E-state index in [-0.39, 0.29) is 35.2 Å². The molecule has 0 atom stereocenters. The van der Waals surface area contributed by atoms with Crippen LogP contribution in [0.15, 0.2) is 78.9 Å². The fraction of sp³-hybridized carbons (Fsp3) is 0.182. The Hall–Kier alpha value is -4.34. The highest BCUT2D eigenvalue weighted by Gasteiger charge is 2.30. The number of hydrogen-bond acceptors (Lipinski definition) is 4. The smallest absolute Gasteiger partial charge is 0.416 e. The van der Waals surface area contributed by atoms with Crippen molar-refractivity contribution in [3.05, 3.63) is 123 Å². The van der Waals surface area contributed by atoms with Crippen molar-refractivity contribution in [2.45, 2.75) is 26.1 Å². The molecule has 3 aromatic carbocycles. The van der Waals surface area contributed by atoms with Gasteiger partial charge in [-0.1, -0.05) is 53.5 Å². The summed E-state index contributed by atoms with van der Waals surface area (Å²) in [6, 6.07) is 20.0. The molecule has 0 radical (unpaired) electrons. The van der Waals surface area contributed by atoms with E-state index in [2.05, 4.69) is 4.98 Å². The van der Waals surface area contributed by atoms with Gasteiger partial charge in [0.2, 0.25) is 11.7 Å². The number of hydrogen-bond donors (Lipinski definition) is 0. The molecule has 226 valence electrons. The number of likely N-dealkylation sites (N-methyl/N-ethyl adjacent to an activating group) is 1. The number of carbonyl (C=O) groups is 2. The number of rotatable bonds is 8. The molecule has 0 saturated heterocycles. The zero-order valence-electron chi connectivity index (χ0n) is 23.9. The van der Waals surface area contributed by atoms with Crippen LogP contribution in [0.1, 0.15) is 38.6 Å². The van der Waals surface area contributed by atoms with Crippen LogP contribution < -0.4 is 9.64 Å². The SMILES string of the molecule is Cc1ccc2cccc(OCc3c(Cl)ccc(N(C)C(=O)Cc4ccc(C(=O)c5ccc(C(F)(F)F)cc5)n4C)c3Cl)c2n1. The number of nitrogens with zero attached hydrogens (tertiary/aromatic N) is 3. The highest BCUT2D eigenvalue weighted by molar-refractivity contribution is 6.38. The first-order valence-corrected chi connectivity index (χ1v) is 14.2. The lowest BCUT2D eigenvalue weighted by atomic mass is 10.1. The number of halogens is 5. The minimum Gasteiger partial charge on any atom is -0.487 e. The summed E-state index contributed by atoms with van der Waals surface area (Å²) in [5.41, 5.74) is 2.50. The highest BCUT2D eigenvalue weighted by Crippen LogP contribution is 2.36. The molecule has 0 bridgehead atoms. The van der Waals surface area contributed by atoms with Crippen molar-refractivity contribution in [2.75, 3.05) is 11.9 Å². The van der Waals surface area contributed by atoms with Crippen molar-refractivity contribution < 1.29 is 27.5 Å². The van der Waals surface area contributed by atoms with Crippen molar-refractivity contribution in [3.8, 4) is 5.75 Å². The molecule has 5 rings (SSSR count). The van der Waals surface area contributed by atoms with Crippen LogP contribution in [0.3, 0.4) is 0 Å². The second-order valence-electron chi connectivity index (χ2n) is 10.2. The Morgan fingerprint density at radius 3 is 2.39 bits per heavy atom. The van der Waals surface area contributed by atoms with Gasteiger partial charge >= 0.3 is 6.18 Å². The van der Waals surface area contributed by atoms with Crippen molar-refractivity contribution in [3.63, 3.8) is 0 Å². The third-order valence-electron chi connectivity index (χ3n) is 7.36. The van der Waals surface area contributed by atoms with Gasteiger partial charge in [0.05, 0.1) is 28.4 Å². The van der Waals surface area contributed by atoms with Gasteiger partial charge in [-0.25, -0.2) is 4.98 Å². The molecular formula is C33H26Cl2F3N3O3. The fourth-order valence-electron chi connectivity index (χ4n) is 4.79. The maximum Gasteiger partial charge on any atom is 0.416 e. The number of anilines is 1. The molecule has 0 aliphatic heterocycles. The summed E-state index contributed by atoms with van der Waals surface area (Å²) in [4.78, 5) is 32.3. The lowest BCUT2D eigenvalue weighted by Crippen LogP contribution is -2.29. The van der Waals surface area contributed by atoms with E-state index in [0.717, 1.165) is 35.3 Å². The number of amides is 1. The number of ether oxygens (including phenoxy) is 1. The molecule has 2 heterocycles. The molecule has 2 aromatic heterocycles. The lowest BCUT2D eigenvalue weighted by molar-refractivity contribution is -0.137. The average molecular weight is 640 g/mol. The third-order valence-corrected chi connectivity index (χ3v) is 8.14. The molecule has 1 amide bonds. The Morgan fingerprint density at radius 1 is 0.955 bits per heavy atom. The Morgan fingerprint density at radius 2 is 1.68 bits per heavy atom. The van der Waals surface area contributed by atoms with E-state index in [4.69, 9.17) is 27.9 Å². The van der Waals surface area contributed by atoms with E-state index < -0.39 is 17.5 Å². The minimum atomic E-state index is -4.50. The van der Waals surface area contributed by atoms with Crippen LogP contribution in [-0.2, 0) is 31.0 Å². The maximum atomic E-state index is 13.3. The normalized spacial score (nSPS) is 11.5. The van der Waals surface area contributed by atoms with Crippen molar-refractivity contribution in [1.82, 2.24) is 9.55 Å². The topological polar surface area (TPSA) is 64.4 Å².